The van der Waals surface area contributed by atoms with Gasteiger partial charge in [0.1, 0.15) is 0 Å². The van der Waals surface area contributed by atoms with Gasteiger partial charge in [0, 0.05) is 12.1 Å². The lowest BCUT2D eigenvalue weighted by Crippen LogP contribution is -2.20. The highest BCUT2D eigenvalue weighted by atomic mass is 32.1. The predicted octanol–water partition coefficient (Wildman–Crippen LogP) is 6.14. The van der Waals surface area contributed by atoms with Gasteiger partial charge in [0.25, 0.3) is 0 Å². The molecule has 3 aromatic carbocycles. The van der Waals surface area contributed by atoms with E-state index in [0.717, 1.165) is 33.2 Å². The van der Waals surface area contributed by atoms with E-state index in [4.69, 9.17) is 10.1 Å². The van der Waals surface area contributed by atoms with Gasteiger partial charge in [-0.25, -0.2) is 9.67 Å². The molecular formula is C26H20N4OS. The summed E-state index contributed by atoms with van der Waals surface area (Å²) in [5, 5.41) is 9.01. The molecule has 6 rings (SSSR count). The molecule has 0 radical (unpaired) electrons. The third kappa shape index (κ3) is 3.29. The zero-order chi connectivity index (χ0) is 21.5. The molecule has 0 aliphatic heterocycles. The molecule has 0 bridgehead atoms. The van der Waals surface area contributed by atoms with E-state index in [2.05, 4.69) is 23.5 Å². The van der Waals surface area contributed by atoms with Gasteiger partial charge in [-0.3, -0.25) is 4.79 Å². The number of hydrogen-bond acceptors (Lipinski definition) is 5. The third-order valence-corrected chi connectivity index (χ3v) is 6.91. The highest BCUT2D eigenvalue weighted by Crippen LogP contribution is 2.39. The fraction of sp³-hybridized carbons (Fsp3) is 0.115. The number of nitrogens with one attached hydrogen (secondary N) is 1. The molecule has 1 atom stereocenters. The van der Waals surface area contributed by atoms with Crippen molar-refractivity contribution in [3.05, 3.63) is 102 Å². The molecule has 1 aliphatic rings. The van der Waals surface area contributed by atoms with Gasteiger partial charge < -0.3 is 5.32 Å². The van der Waals surface area contributed by atoms with E-state index >= 15 is 0 Å². The van der Waals surface area contributed by atoms with Crippen molar-refractivity contribution in [3.63, 3.8) is 0 Å². The van der Waals surface area contributed by atoms with Gasteiger partial charge in [0.2, 0.25) is 5.13 Å². The summed E-state index contributed by atoms with van der Waals surface area (Å²) in [6, 6.07) is 28.2. The quantitative estimate of drug-likeness (QED) is 0.368. The predicted molar refractivity (Wildman–Crippen MR) is 128 cm³/mol. The summed E-state index contributed by atoms with van der Waals surface area (Å²) in [5.74, 6) is 0.846. The van der Waals surface area contributed by atoms with Crippen molar-refractivity contribution in [2.75, 3.05) is 5.32 Å². The van der Waals surface area contributed by atoms with Gasteiger partial charge in [0.05, 0.1) is 21.5 Å². The normalized spacial score (nSPS) is 15.6. The third-order valence-electron chi connectivity index (χ3n) is 5.90. The molecule has 0 fully saturated rings. The molecule has 0 saturated heterocycles. The first-order valence-electron chi connectivity index (χ1n) is 10.6. The van der Waals surface area contributed by atoms with Gasteiger partial charge in [-0.05, 0) is 42.2 Å². The highest BCUT2D eigenvalue weighted by Gasteiger charge is 2.34. The van der Waals surface area contributed by atoms with Crippen molar-refractivity contribution < 1.29 is 4.79 Å². The number of benzene rings is 3. The number of para-hydroxylation sites is 2. The molecule has 0 unspecified atom stereocenters. The molecule has 5 aromatic rings. The Bertz CT molecular complexity index is 1390. The number of carbonyl (C=O) groups excluding carboxylic acids is 1. The second-order valence-electron chi connectivity index (χ2n) is 7.98. The Balaban J connectivity index is 1.49. The summed E-state index contributed by atoms with van der Waals surface area (Å²) in [7, 11) is 0. The summed E-state index contributed by atoms with van der Waals surface area (Å²) in [6.45, 7) is 0. The Morgan fingerprint density at radius 2 is 1.59 bits per heavy atom. The van der Waals surface area contributed by atoms with E-state index in [0.29, 0.717) is 17.8 Å². The molecular weight excluding hydrogens is 416 g/mol. The topological polar surface area (TPSA) is 59.8 Å². The number of nitrogens with zero attached hydrogens (tertiary/aromatic N) is 3. The Morgan fingerprint density at radius 3 is 2.38 bits per heavy atom. The minimum atomic E-state index is 0.117. The maximum atomic E-state index is 13.4. The zero-order valence-electron chi connectivity index (χ0n) is 17.2. The van der Waals surface area contributed by atoms with Gasteiger partial charge in [0.15, 0.2) is 11.6 Å². The van der Waals surface area contributed by atoms with Crippen LogP contribution in [-0.4, -0.2) is 20.5 Å². The minimum absolute atomic E-state index is 0.117. The van der Waals surface area contributed by atoms with Gasteiger partial charge in [-0.1, -0.05) is 72.0 Å². The SMILES string of the molecule is O=C1C[C@@H](c2ccccc2)Cc2c1c(Nc1ccccc1)nn2-c1nc2ccccc2s1. The molecule has 0 amide bonds. The van der Waals surface area contributed by atoms with E-state index in [-0.39, 0.29) is 11.7 Å². The van der Waals surface area contributed by atoms with Crippen LogP contribution in [0.4, 0.5) is 11.5 Å². The number of aromatic nitrogens is 3. The lowest BCUT2D eigenvalue weighted by Gasteiger charge is -2.22. The molecule has 2 heterocycles. The van der Waals surface area contributed by atoms with E-state index < -0.39 is 0 Å². The average molecular weight is 437 g/mol. The molecule has 32 heavy (non-hydrogen) atoms. The van der Waals surface area contributed by atoms with E-state index in [9.17, 15) is 4.79 Å². The molecule has 6 heteroatoms. The molecule has 5 nitrogen and oxygen atoms in total. The molecule has 0 spiro atoms. The lowest BCUT2D eigenvalue weighted by molar-refractivity contribution is 0.0964. The minimum Gasteiger partial charge on any atom is -0.338 e. The standard InChI is InChI=1S/C26H20N4OS/c31-22-16-18(17-9-3-1-4-10-17)15-21-24(22)25(27-19-11-5-2-6-12-19)29-30(21)26-28-20-13-7-8-14-23(20)32-26/h1-14,18H,15-16H2,(H,27,29)/t18-/m0/s1. The maximum absolute atomic E-state index is 13.4. The second-order valence-corrected chi connectivity index (χ2v) is 8.99. The molecule has 156 valence electrons. The second kappa shape index (κ2) is 7.73. The first kappa shape index (κ1) is 19.0. The van der Waals surface area contributed by atoms with Crippen molar-refractivity contribution >= 4 is 38.8 Å². The fourth-order valence-electron chi connectivity index (χ4n) is 4.38. The van der Waals surface area contributed by atoms with Crippen LogP contribution in [0.25, 0.3) is 15.3 Å². The van der Waals surface area contributed by atoms with Crippen LogP contribution in [0.15, 0.2) is 84.9 Å². The summed E-state index contributed by atoms with van der Waals surface area (Å²) in [6.07, 6.45) is 1.22. The van der Waals surface area contributed by atoms with Crippen LogP contribution >= 0.6 is 11.3 Å². The number of Topliss-reactive ketones (excluding diaryl/α,β-unsaturated/α-hetero) is 1. The number of fused-ring (bicyclic) bond motifs is 2. The van der Waals surface area contributed by atoms with Crippen LogP contribution in [0, 0.1) is 0 Å². The van der Waals surface area contributed by atoms with E-state index in [1.54, 1.807) is 11.3 Å². The van der Waals surface area contributed by atoms with Crippen LogP contribution in [0.2, 0.25) is 0 Å². The average Bonchev–Trinajstić information content (AvgIpc) is 3.42. The Labute approximate surface area is 189 Å². The summed E-state index contributed by atoms with van der Waals surface area (Å²) >= 11 is 1.59. The van der Waals surface area contributed by atoms with Crippen molar-refractivity contribution in [1.29, 1.82) is 0 Å². The molecule has 1 aliphatic carbocycles. The largest absolute Gasteiger partial charge is 0.338 e. The smallest absolute Gasteiger partial charge is 0.211 e. The Morgan fingerprint density at radius 1 is 0.875 bits per heavy atom. The van der Waals surface area contributed by atoms with Gasteiger partial charge in [-0.2, -0.15) is 0 Å². The van der Waals surface area contributed by atoms with Crippen LogP contribution in [0.1, 0.15) is 34.0 Å². The van der Waals surface area contributed by atoms with Crippen molar-refractivity contribution in [2.45, 2.75) is 18.8 Å². The first-order valence-corrected chi connectivity index (χ1v) is 11.5. The number of rotatable bonds is 4. The lowest BCUT2D eigenvalue weighted by atomic mass is 9.82. The zero-order valence-corrected chi connectivity index (χ0v) is 18.0. The Hall–Kier alpha value is -3.77. The summed E-state index contributed by atoms with van der Waals surface area (Å²) < 4.78 is 2.98. The monoisotopic (exact) mass is 436 g/mol. The molecule has 1 N–H and O–H groups in total. The van der Waals surface area contributed by atoms with E-state index in [1.165, 1.54) is 5.56 Å². The summed E-state index contributed by atoms with van der Waals surface area (Å²) in [4.78, 5) is 18.2. The number of thiazole rings is 1. The van der Waals surface area contributed by atoms with Crippen LogP contribution in [-0.2, 0) is 6.42 Å². The van der Waals surface area contributed by atoms with Gasteiger partial charge in [-0.15, -0.1) is 5.10 Å². The molecule has 0 saturated carbocycles. The summed E-state index contributed by atoms with van der Waals surface area (Å²) in [5.41, 5.74) is 4.63. The van der Waals surface area contributed by atoms with E-state index in [1.807, 2.05) is 71.4 Å². The van der Waals surface area contributed by atoms with Crippen molar-refractivity contribution in [3.8, 4) is 5.13 Å². The number of hydrogen-bond donors (Lipinski definition) is 1. The van der Waals surface area contributed by atoms with Crippen molar-refractivity contribution in [2.24, 2.45) is 0 Å². The maximum Gasteiger partial charge on any atom is 0.211 e. The van der Waals surface area contributed by atoms with Gasteiger partial charge >= 0.3 is 0 Å². The Kier molecular flexibility index (Phi) is 4.58. The fourth-order valence-corrected chi connectivity index (χ4v) is 5.32. The first-order chi connectivity index (χ1) is 15.8. The van der Waals surface area contributed by atoms with Crippen LogP contribution in [0.5, 0.6) is 0 Å². The van der Waals surface area contributed by atoms with Crippen LogP contribution in [0.3, 0.4) is 0 Å². The van der Waals surface area contributed by atoms with Crippen LogP contribution < -0.4 is 5.32 Å². The molecule has 2 aromatic heterocycles. The highest BCUT2D eigenvalue weighted by molar-refractivity contribution is 7.20. The number of anilines is 2. The van der Waals surface area contributed by atoms with Crippen molar-refractivity contribution in [1.82, 2.24) is 14.8 Å². The number of carbonyl (C=O) groups is 1. The number of ketones is 1.